The number of nitrogens with one attached hydrogen (secondary N) is 1. The van der Waals surface area contributed by atoms with E-state index in [-0.39, 0.29) is 17.9 Å². The van der Waals surface area contributed by atoms with Gasteiger partial charge in [0.15, 0.2) is 11.5 Å². The third kappa shape index (κ3) is 4.27. The molecule has 180 valence electrons. The second-order valence-electron chi connectivity index (χ2n) is 9.49. The molecule has 2 aliphatic rings. The molecule has 1 amide bonds. The third-order valence-electron chi connectivity index (χ3n) is 7.47. The van der Waals surface area contributed by atoms with Crippen LogP contribution in [-0.2, 0) is 22.4 Å². The van der Waals surface area contributed by atoms with E-state index in [2.05, 4.69) is 53.3 Å². The van der Waals surface area contributed by atoms with Crippen molar-refractivity contribution in [1.29, 1.82) is 0 Å². The average Bonchev–Trinajstić information content (AvgIpc) is 3.28. The molecule has 1 fully saturated rings. The number of hydrogen-bond donors (Lipinski definition) is 1. The standard InChI is InChI=1S/C28H34N2O4/c1-18-4-6-22-21(17-29-24(22)14-18)5-7-25-23-16-27(33-3)26(32-2)15-20(23)8-11-30(25)28(31)19-9-12-34-13-10-19/h4,6,14-17,19,25,29H,5,7-13H2,1-3H3/t25-/m0/s1. The summed E-state index contributed by atoms with van der Waals surface area (Å²) >= 11 is 0. The zero-order chi connectivity index (χ0) is 23.7. The normalized spacial score (nSPS) is 18.7. The lowest BCUT2D eigenvalue weighted by atomic mass is 9.86. The summed E-state index contributed by atoms with van der Waals surface area (Å²) in [7, 11) is 3.34. The average molecular weight is 463 g/mol. The molecule has 3 heterocycles. The molecule has 6 nitrogen and oxygen atoms in total. The first-order chi connectivity index (χ1) is 16.6. The van der Waals surface area contributed by atoms with E-state index in [1.807, 2.05) is 0 Å². The molecule has 1 aromatic heterocycles. The van der Waals surface area contributed by atoms with E-state index in [9.17, 15) is 4.79 Å². The van der Waals surface area contributed by atoms with E-state index in [4.69, 9.17) is 14.2 Å². The lowest BCUT2D eigenvalue weighted by Crippen LogP contribution is -2.44. The molecule has 0 spiro atoms. The molecule has 2 aromatic carbocycles. The Kier molecular flexibility index (Phi) is 6.50. The highest BCUT2D eigenvalue weighted by atomic mass is 16.5. The zero-order valence-corrected chi connectivity index (χ0v) is 20.4. The van der Waals surface area contributed by atoms with Gasteiger partial charge in [0.05, 0.1) is 20.3 Å². The molecule has 1 saturated heterocycles. The molecule has 0 bridgehead atoms. The minimum Gasteiger partial charge on any atom is -0.493 e. The van der Waals surface area contributed by atoms with Crippen LogP contribution in [0.2, 0.25) is 0 Å². The first-order valence-electron chi connectivity index (χ1n) is 12.3. The van der Waals surface area contributed by atoms with Gasteiger partial charge in [-0.2, -0.15) is 0 Å². The van der Waals surface area contributed by atoms with Crippen molar-refractivity contribution in [2.45, 2.75) is 45.1 Å². The molecule has 0 saturated carbocycles. The van der Waals surface area contributed by atoms with Crippen LogP contribution in [0.3, 0.4) is 0 Å². The first-order valence-corrected chi connectivity index (χ1v) is 12.3. The maximum Gasteiger partial charge on any atom is 0.226 e. The van der Waals surface area contributed by atoms with E-state index >= 15 is 0 Å². The number of benzene rings is 2. The van der Waals surface area contributed by atoms with Crippen molar-refractivity contribution in [3.8, 4) is 11.5 Å². The molecule has 34 heavy (non-hydrogen) atoms. The van der Waals surface area contributed by atoms with Crippen molar-refractivity contribution in [2.75, 3.05) is 34.0 Å². The van der Waals surface area contributed by atoms with Gasteiger partial charge in [0.1, 0.15) is 0 Å². The number of aromatic nitrogens is 1. The fourth-order valence-electron chi connectivity index (χ4n) is 5.58. The predicted molar refractivity (Wildman–Crippen MR) is 133 cm³/mol. The number of ether oxygens (including phenoxy) is 3. The Morgan fingerprint density at radius 1 is 1.12 bits per heavy atom. The largest absolute Gasteiger partial charge is 0.493 e. The Bertz CT molecular complexity index is 1180. The molecule has 5 rings (SSSR count). The fourth-order valence-corrected chi connectivity index (χ4v) is 5.58. The van der Waals surface area contributed by atoms with E-state index in [0.29, 0.717) is 19.0 Å². The molecule has 2 aliphatic heterocycles. The van der Waals surface area contributed by atoms with Gasteiger partial charge in [0.25, 0.3) is 0 Å². The lowest BCUT2D eigenvalue weighted by Gasteiger charge is -2.40. The van der Waals surface area contributed by atoms with Gasteiger partial charge in [-0.1, -0.05) is 12.1 Å². The maximum absolute atomic E-state index is 13.7. The van der Waals surface area contributed by atoms with Crippen LogP contribution >= 0.6 is 0 Å². The number of H-pyrrole nitrogens is 1. The topological polar surface area (TPSA) is 63.8 Å². The van der Waals surface area contributed by atoms with Crippen molar-refractivity contribution in [2.24, 2.45) is 5.92 Å². The third-order valence-corrected chi connectivity index (χ3v) is 7.47. The highest BCUT2D eigenvalue weighted by Gasteiger charge is 2.35. The number of amides is 1. The first kappa shape index (κ1) is 22.8. The van der Waals surface area contributed by atoms with Crippen molar-refractivity contribution < 1.29 is 19.0 Å². The summed E-state index contributed by atoms with van der Waals surface area (Å²) in [5, 5.41) is 1.26. The summed E-state index contributed by atoms with van der Waals surface area (Å²) in [5.74, 6) is 1.78. The molecule has 3 aromatic rings. The minimum atomic E-state index is 0.00861. The molecule has 1 N–H and O–H groups in total. The minimum absolute atomic E-state index is 0.00861. The second kappa shape index (κ2) is 9.71. The van der Waals surface area contributed by atoms with Gasteiger partial charge < -0.3 is 24.1 Å². The van der Waals surface area contributed by atoms with Crippen LogP contribution < -0.4 is 9.47 Å². The van der Waals surface area contributed by atoms with Crippen LogP contribution in [0.1, 0.15) is 47.6 Å². The monoisotopic (exact) mass is 462 g/mol. The van der Waals surface area contributed by atoms with E-state index in [0.717, 1.165) is 44.4 Å². The molecular formula is C28H34N2O4. The van der Waals surface area contributed by atoms with E-state index in [1.165, 1.54) is 33.2 Å². The van der Waals surface area contributed by atoms with Crippen molar-refractivity contribution in [3.05, 3.63) is 58.8 Å². The molecule has 1 atom stereocenters. The lowest BCUT2D eigenvalue weighted by molar-refractivity contribution is -0.141. The zero-order valence-electron chi connectivity index (χ0n) is 20.4. The Labute approximate surface area is 201 Å². The molecule has 0 unspecified atom stereocenters. The molecule has 6 heteroatoms. The Morgan fingerprint density at radius 2 is 1.88 bits per heavy atom. The number of nitrogens with zero attached hydrogens (tertiary/aromatic N) is 1. The van der Waals surface area contributed by atoms with Crippen LogP contribution in [0.4, 0.5) is 0 Å². The number of fused-ring (bicyclic) bond motifs is 2. The van der Waals surface area contributed by atoms with Crippen LogP contribution in [0, 0.1) is 12.8 Å². The predicted octanol–water partition coefficient (Wildman–Crippen LogP) is 4.98. The molecular weight excluding hydrogens is 428 g/mol. The number of aryl methyl sites for hydroxylation is 2. The van der Waals surface area contributed by atoms with Crippen LogP contribution in [0.15, 0.2) is 36.5 Å². The van der Waals surface area contributed by atoms with Crippen molar-refractivity contribution in [1.82, 2.24) is 9.88 Å². The summed E-state index contributed by atoms with van der Waals surface area (Å²) in [5.41, 5.74) is 6.13. The summed E-state index contributed by atoms with van der Waals surface area (Å²) in [4.78, 5) is 19.2. The van der Waals surface area contributed by atoms with Crippen LogP contribution in [-0.4, -0.2) is 49.8 Å². The summed E-state index contributed by atoms with van der Waals surface area (Å²) in [6.07, 6.45) is 6.31. The van der Waals surface area contributed by atoms with E-state index in [1.54, 1.807) is 14.2 Å². The van der Waals surface area contributed by atoms with Gasteiger partial charge in [-0.3, -0.25) is 4.79 Å². The van der Waals surface area contributed by atoms with Crippen LogP contribution in [0.5, 0.6) is 11.5 Å². The summed E-state index contributed by atoms with van der Waals surface area (Å²) in [6, 6.07) is 10.7. The second-order valence-corrected chi connectivity index (χ2v) is 9.49. The summed E-state index contributed by atoms with van der Waals surface area (Å²) < 4.78 is 16.7. The summed E-state index contributed by atoms with van der Waals surface area (Å²) in [6.45, 7) is 4.19. The number of carbonyl (C=O) groups excluding carboxylic acids is 1. The van der Waals surface area contributed by atoms with Gasteiger partial charge in [0.2, 0.25) is 5.91 Å². The SMILES string of the molecule is COc1cc2c(cc1OC)[C@H](CCc1c[nH]c3cc(C)ccc13)N(C(=O)C1CCOCC1)CC2. The van der Waals surface area contributed by atoms with Gasteiger partial charge in [0, 0.05) is 42.8 Å². The molecule has 0 radical (unpaired) electrons. The Morgan fingerprint density at radius 3 is 2.65 bits per heavy atom. The Balaban J connectivity index is 1.48. The highest BCUT2D eigenvalue weighted by molar-refractivity contribution is 5.84. The molecule has 0 aliphatic carbocycles. The van der Waals surface area contributed by atoms with Crippen molar-refractivity contribution in [3.63, 3.8) is 0 Å². The van der Waals surface area contributed by atoms with Crippen LogP contribution in [0.25, 0.3) is 10.9 Å². The number of carbonyl (C=O) groups is 1. The van der Waals surface area contributed by atoms with Crippen molar-refractivity contribution >= 4 is 16.8 Å². The Hall–Kier alpha value is -2.99. The van der Waals surface area contributed by atoms with Gasteiger partial charge in [-0.05, 0) is 79.5 Å². The quantitative estimate of drug-likeness (QED) is 0.561. The number of hydrogen-bond acceptors (Lipinski definition) is 4. The van der Waals surface area contributed by atoms with Gasteiger partial charge in [-0.15, -0.1) is 0 Å². The van der Waals surface area contributed by atoms with Gasteiger partial charge in [-0.25, -0.2) is 0 Å². The highest BCUT2D eigenvalue weighted by Crippen LogP contribution is 2.41. The number of rotatable bonds is 6. The number of methoxy groups -OCH3 is 2. The van der Waals surface area contributed by atoms with Gasteiger partial charge >= 0.3 is 0 Å². The smallest absolute Gasteiger partial charge is 0.226 e. The fraction of sp³-hybridized carbons (Fsp3) is 0.464. The van der Waals surface area contributed by atoms with E-state index < -0.39 is 0 Å². The maximum atomic E-state index is 13.7. The number of aromatic amines is 1.